The number of hydrogen-bond donors (Lipinski definition) is 1. The zero-order chi connectivity index (χ0) is 19.6. The summed E-state index contributed by atoms with van der Waals surface area (Å²) in [6.07, 6.45) is 0. The lowest BCUT2D eigenvalue weighted by Gasteiger charge is -2.21. The van der Waals surface area contributed by atoms with Gasteiger partial charge in [-0.2, -0.15) is 0 Å². The molecule has 0 saturated carbocycles. The standard InChI is InChI=1S/C19H21N3O4S/c1-2-21(13-15-6-4-3-5-7-15)19(24)12-20-18(23)14-27-17-10-8-16(9-11-17)22(25)26/h3-11H,2,12-14H2,1H3,(H,20,23). The van der Waals surface area contributed by atoms with Crippen molar-refractivity contribution in [2.75, 3.05) is 18.8 Å². The number of non-ortho nitro benzene ring substituents is 1. The fourth-order valence-electron chi connectivity index (χ4n) is 2.33. The second-order valence-electron chi connectivity index (χ2n) is 5.71. The summed E-state index contributed by atoms with van der Waals surface area (Å²) in [5.74, 6) is -0.270. The Morgan fingerprint density at radius 2 is 1.78 bits per heavy atom. The third kappa shape index (κ3) is 6.74. The molecule has 0 saturated heterocycles. The third-order valence-electron chi connectivity index (χ3n) is 3.80. The van der Waals surface area contributed by atoms with Gasteiger partial charge in [0, 0.05) is 30.1 Å². The molecule has 2 aromatic rings. The number of nitro benzene ring substituents is 1. The smallest absolute Gasteiger partial charge is 0.269 e. The number of hydrogen-bond acceptors (Lipinski definition) is 5. The molecule has 7 nitrogen and oxygen atoms in total. The van der Waals surface area contributed by atoms with E-state index in [4.69, 9.17) is 0 Å². The molecule has 142 valence electrons. The Morgan fingerprint density at radius 1 is 1.11 bits per heavy atom. The van der Waals surface area contributed by atoms with Gasteiger partial charge in [-0.25, -0.2) is 0 Å². The van der Waals surface area contributed by atoms with Crippen molar-refractivity contribution in [1.29, 1.82) is 0 Å². The van der Waals surface area contributed by atoms with Crippen LogP contribution in [-0.2, 0) is 16.1 Å². The van der Waals surface area contributed by atoms with E-state index in [-0.39, 0.29) is 29.8 Å². The van der Waals surface area contributed by atoms with Gasteiger partial charge in [-0.1, -0.05) is 30.3 Å². The number of carbonyl (C=O) groups excluding carboxylic acids is 2. The summed E-state index contributed by atoms with van der Waals surface area (Å²) in [5.41, 5.74) is 1.04. The molecule has 0 aliphatic heterocycles. The van der Waals surface area contributed by atoms with E-state index in [1.165, 1.54) is 23.9 Å². The molecule has 2 aromatic carbocycles. The molecule has 2 rings (SSSR count). The molecular weight excluding hydrogens is 366 g/mol. The molecule has 0 radical (unpaired) electrons. The van der Waals surface area contributed by atoms with E-state index >= 15 is 0 Å². The topological polar surface area (TPSA) is 92.6 Å². The molecular formula is C19H21N3O4S. The van der Waals surface area contributed by atoms with Gasteiger partial charge in [-0.3, -0.25) is 19.7 Å². The quantitative estimate of drug-likeness (QED) is 0.406. The van der Waals surface area contributed by atoms with Crippen LogP contribution in [0.1, 0.15) is 12.5 Å². The van der Waals surface area contributed by atoms with Crippen molar-refractivity contribution in [3.8, 4) is 0 Å². The van der Waals surface area contributed by atoms with E-state index in [1.54, 1.807) is 17.0 Å². The van der Waals surface area contributed by atoms with Crippen LogP contribution in [0.4, 0.5) is 5.69 Å². The third-order valence-corrected chi connectivity index (χ3v) is 4.82. The van der Waals surface area contributed by atoms with Gasteiger partial charge in [-0.15, -0.1) is 11.8 Å². The van der Waals surface area contributed by atoms with E-state index in [2.05, 4.69) is 5.32 Å². The normalized spacial score (nSPS) is 10.3. The molecule has 0 atom stereocenters. The summed E-state index contributed by atoms with van der Waals surface area (Å²) >= 11 is 1.26. The number of amides is 2. The largest absolute Gasteiger partial charge is 0.346 e. The molecule has 2 amide bonds. The Morgan fingerprint density at radius 3 is 2.37 bits per heavy atom. The van der Waals surface area contributed by atoms with Crippen molar-refractivity contribution in [3.05, 3.63) is 70.3 Å². The van der Waals surface area contributed by atoms with Gasteiger partial charge in [0.25, 0.3) is 5.69 Å². The van der Waals surface area contributed by atoms with Crippen LogP contribution in [0.3, 0.4) is 0 Å². The molecule has 1 N–H and O–H groups in total. The second-order valence-corrected chi connectivity index (χ2v) is 6.76. The van der Waals surface area contributed by atoms with Gasteiger partial charge in [0.05, 0.1) is 17.2 Å². The van der Waals surface area contributed by atoms with Gasteiger partial charge < -0.3 is 10.2 Å². The highest BCUT2D eigenvalue weighted by Crippen LogP contribution is 2.21. The molecule has 0 aromatic heterocycles. The van der Waals surface area contributed by atoms with Crippen LogP contribution in [0, 0.1) is 10.1 Å². The molecule has 0 bridgehead atoms. The molecule has 0 unspecified atom stereocenters. The lowest BCUT2D eigenvalue weighted by molar-refractivity contribution is -0.384. The average Bonchev–Trinajstić information content (AvgIpc) is 2.69. The lowest BCUT2D eigenvalue weighted by atomic mass is 10.2. The first kappa shape index (κ1) is 20.4. The highest BCUT2D eigenvalue weighted by Gasteiger charge is 2.13. The first-order valence-electron chi connectivity index (χ1n) is 8.45. The molecule has 0 aliphatic rings. The summed E-state index contributed by atoms with van der Waals surface area (Å²) in [6.45, 7) is 2.90. The number of nitrogens with one attached hydrogen (secondary N) is 1. The van der Waals surface area contributed by atoms with Gasteiger partial charge >= 0.3 is 0 Å². The minimum absolute atomic E-state index is 0.00692. The van der Waals surface area contributed by atoms with E-state index in [9.17, 15) is 19.7 Å². The maximum absolute atomic E-state index is 12.3. The van der Waals surface area contributed by atoms with Crippen LogP contribution in [0.25, 0.3) is 0 Å². The highest BCUT2D eigenvalue weighted by atomic mass is 32.2. The fraction of sp³-hybridized carbons (Fsp3) is 0.263. The number of rotatable bonds is 9. The maximum atomic E-state index is 12.3. The summed E-state index contributed by atoms with van der Waals surface area (Å²) in [5, 5.41) is 13.2. The lowest BCUT2D eigenvalue weighted by Crippen LogP contribution is -2.40. The van der Waals surface area contributed by atoms with Crippen molar-refractivity contribution in [3.63, 3.8) is 0 Å². The van der Waals surface area contributed by atoms with Crippen LogP contribution < -0.4 is 5.32 Å². The SMILES string of the molecule is CCN(Cc1ccccc1)C(=O)CNC(=O)CSc1ccc([N+](=O)[O-])cc1. The van der Waals surface area contributed by atoms with Crippen molar-refractivity contribution in [2.45, 2.75) is 18.4 Å². The van der Waals surface area contributed by atoms with E-state index < -0.39 is 4.92 Å². The van der Waals surface area contributed by atoms with Gasteiger partial charge in [0.2, 0.25) is 11.8 Å². The van der Waals surface area contributed by atoms with E-state index in [0.717, 1.165) is 10.5 Å². The first-order chi connectivity index (χ1) is 13.0. The van der Waals surface area contributed by atoms with E-state index in [1.807, 2.05) is 37.3 Å². The molecule has 8 heteroatoms. The number of likely N-dealkylation sites (N-methyl/N-ethyl adjacent to an activating group) is 1. The molecule has 27 heavy (non-hydrogen) atoms. The maximum Gasteiger partial charge on any atom is 0.269 e. The van der Waals surface area contributed by atoms with Crippen LogP contribution >= 0.6 is 11.8 Å². The van der Waals surface area contributed by atoms with Crippen molar-refractivity contribution >= 4 is 29.3 Å². The van der Waals surface area contributed by atoms with E-state index in [0.29, 0.717) is 13.1 Å². The molecule has 0 fully saturated rings. The summed E-state index contributed by atoms with van der Waals surface area (Å²) < 4.78 is 0. The highest BCUT2D eigenvalue weighted by molar-refractivity contribution is 8.00. The molecule has 0 heterocycles. The zero-order valence-corrected chi connectivity index (χ0v) is 15.8. The number of carbonyl (C=O) groups is 2. The summed E-state index contributed by atoms with van der Waals surface area (Å²) in [4.78, 5) is 36.8. The van der Waals surface area contributed by atoms with Crippen LogP contribution in [0.5, 0.6) is 0 Å². The number of nitro groups is 1. The Hall–Kier alpha value is -2.87. The van der Waals surface area contributed by atoms with Crippen LogP contribution in [0.2, 0.25) is 0 Å². The predicted octanol–water partition coefficient (Wildman–Crippen LogP) is 2.85. The summed E-state index contributed by atoms with van der Waals surface area (Å²) in [6, 6.07) is 15.7. The fourth-order valence-corrected chi connectivity index (χ4v) is 3.06. The minimum Gasteiger partial charge on any atom is -0.346 e. The Labute approximate surface area is 161 Å². The number of thioether (sulfide) groups is 1. The van der Waals surface area contributed by atoms with Crippen molar-refractivity contribution in [2.24, 2.45) is 0 Å². The Balaban J connectivity index is 1.76. The zero-order valence-electron chi connectivity index (χ0n) is 15.0. The Kier molecular flexibility index (Phi) is 7.81. The van der Waals surface area contributed by atoms with Gasteiger partial charge in [0.15, 0.2) is 0 Å². The molecule has 0 spiro atoms. The summed E-state index contributed by atoms with van der Waals surface area (Å²) in [7, 11) is 0. The van der Waals surface area contributed by atoms with Crippen molar-refractivity contribution in [1.82, 2.24) is 10.2 Å². The van der Waals surface area contributed by atoms with Gasteiger partial charge in [-0.05, 0) is 24.6 Å². The number of nitrogens with zero attached hydrogens (tertiary/aromatic N) is 2. The van der Waals surface area contributed by atoms with Crippen LogP contribution in [-0.4, -0.2) is 40.5 Å². The first-order valence-corrected chi connectivity index (χ1v) is 9.43. The average molecular weight is 387 g/mol. The van der Waals surface area contributed by atoms with Gasteiger partial charge in [0.1, 0.15) is 0 Å². The Bertz CT molecular complexity index is 781. The molecule has 0 aliphatic carbocycles. The second kappa shape index (κ2) is 10.3. The minimum atomic E-state index is -0.471. The van der Waals surface area contributed by atoms with Crippen LogP contribution in [0.15, 0.2) is 59.5 Å². The monoisotopic (exact) mass is 387 g/mol. The van der Waals surface area contributed by atoms with Crippen molar-refractivity contribution < 1.29 is 14.5 Å². The predicted molar refractivity (Wildman–Crippen MR) is 104 cm³/mol. The number of benzene rings is 2.